The van der Waals surface area contributed by atoms with E-state index in [1.807, 2.05) is 0 Å². The van der Waals surface area contributed by atoms with Crippen LogP contribution in [0.3, 0.4) is 0 Å². The zero-order chi connectivity index (χ0) is 5.91. The fourth-order valence-electron chi connectivity index (χ4n) is 0.0791. The molecule has 0 fully saturated rings. The lowest BCUT2D eigenvalue weighted by Gasteiger charge is -2.14. The minimum absolute atomic E-state index is 0. The van der Waals surface area contributed by atoms with Crippen LogP contribution in [-0.4, -0.2) is 34.1 Å². The maximum absolute atomic E-state index is 8.45. The lowest BCUT2D eigenvalue weighted by molar-refractivity contribution is -0.111. The molecular weight excluding hydrogens is 195 g/mol. The summed E-state index contributed by atoms with van der Waals surface area (Å²) in [5.41, 5.74) is -1.83. The summed E-state index contributed by atoms with van der Waals surface area (Å²) >= 11 is 0. The van der Waals surface area contributed by atoms with Crippen LogP contribution in [0.15, 0.2) is 0 Å². The normalized spacial score (nSPS) is 12.0. The summed E-state index contributed by atoms with van der Waals surface area (Å²) in [4.78, 5) is 0. The van der Waals surface area contributed by atoms with E-state index in [1.54, 1.807) is 6.66 Å². The quantitative estimate of drug-likeness (QED) is 0.420. The van der Waals surface area contributed by atoms with Crippen LogP contribution in [0.5, 0.6) is 0 Å². The molecule has 0 saturated heterocycles. The summed E-state index contributed by atoms with van der Waals surface area (Å²) in [5, 5.41) is 25.0. The summed E-state index contributed by atoms with van der Waals surface area (Å²) in [6.45, 7) is 1.03. The van der Waals surface area contributed by atoms with Crippen molar-refractivity contribution in [2.75, 3.05) is 13.3 Å². The van der Waals surface area contributed by atoms with Gasteiger partial charge in [-0.25, -0.2) is 0 Å². The topological polar surface area (TPSA) is 60.7 Å². The molecule has 52 valence electrons. The van der Waals surface area contributed by atoms with Crippen LogP contribution in [0, 0.1) is 0 Å². The molecule has 0 heterocycles. The third kappa shape index (κ3) is 4.94. The van der Waals surface area contributed by atoms with E-state index >= 15 is 0 Å². The number of aliphatic hydroxyl groups is 3. The highest BCUT2D eigenvalue weighted by molar-refractivity contribution is 8.93. The Hall–Kier alpha value is 0.790. The van der Waals surface area contributed by atoms with Crippen LogP contribution in [0.2, 0.25) is 0 Å². The van der Waals surface area contributed by atoms with Crippen LogP contribution < -0.4 is 0 Å². The molecule has 1 atom stereocenters. The molecule has 0 aromatic rings. The van der Waals surface area contributed by atoms with E-state index < -0.39 is 12.1 Å². The minimum Gasteiger partial charge on any atom is -0.390 e. The van der Waals surface area contributed by atoms with Gasteiger partial charge < -0.3 is 15.3 Å². The highest BCUT2D eigenvalue weighted by Gasteiger charge is 2.16. The number of halogens is 1. The second-order valence-electron chi connectivity index (χ2n) is 1.22. The van der Waals surface area contributed by atoms with Crippen molar-refractivity contribution >= 4 is 25.6 Å². The zero-order valence-corrected chi connectivity index (χ0v) is 7.17. The predicted octanol–water partition coefficient (Wildman–Crippen LogP) is -0.497. The number of hydrogen-bond acceptors (Lipinski definition) is 3. The van der Waals surface area contributed by atoms with Gasteiger partial charge in [0.05, 0.1) is 0 Å². The van der Waals surface area contributed by atoms with Crippen LogP contribution in [0.1, 0.15) is 0 Å². The molecule has 0 aromatic carbocycles. The molecule has 5 heteroatoms. The Bertz CT molecular complexity index is 52.5. The predicted molar refractivity (Wildman–Crippen MR) is 38.8 cm³/mol. The van der Waals surface area contributed by atoms with E-state index in [-0.39, 0.29) is 25.6 Å². The molecule has 0 aromatic heterocycles. The highest BCUT2D eigenvalue weighted by atomic mass is 79.9. The van der Waals surface area contributed by atoms with Crippen molar-refractivity contribution in [1.29, 1.82) is 0 Å². The van der Waals surface area contributed by atoms with Crippen molar-refractivity contribution in [3.8, 4) is 0 Å². The molecule has 0 bridgehead atoms. The Morgan fingerprint density at radius 3 is 1.88 bits per heavy atom. The summed E-state index contributed by atoms with van der Waals surface area (Å²) < 4.78 is 0. The summed E-state index contributed by atoms with van der Waals surface area (Å²) in [7, 11) is -0.0544. The van der Waals surface area contributed by atoms with Gasteiger partial charge in [0.25, 0.3) is 0 Å². The highest BCUT2D eigenvalue weighted by Crippen LogP contribution is 2.20. The van der Waals surface area contributed by atoms with Gasteiger partial charge >= 0.3 is 0 Å². The minimum atomic E-state index is -1.83. The zero-order valence-electron chi connectivity index (χ0n) is 4.46. The summed E-state index contributed by atoms with van der Waals surface area (Å²) in [6, 6.07) is 0. The van der Waals surface area contributed by atoms with Crippen LogP contribution in [0.4, 0.5) is 0 Å². The molecule has 0 aliphatic carbocycles. The standard InChI is InChI=1S/C3H9O3P.BrH/c1-7-3(5,6)2-4;/h4-7H,2H2,1H3;1H. The molecule has 3 N–H and O–H groups in total. The summed E-state index contributed by atoms with van der Waals surface area (Å²) in [5.74, 6) is 0. The van der Waals surface area contributed by atoms with Gasteiger partial charge in [0.2, 0.25) is 5.53 Å². The monoisotopic (exact) mass is 204 g/mol. The van der Waals surface area contributed by atoms with Crippen molar-refractivity contribution in [1.82, 2.24) is 0 Å². The average molecular weight is 205 g/mol. The molecule has 3 nitrogen and oxygen atoms in total. The van der Waals surface area contributed by atoms with Gasteiger partial charge in [0.15, 0.2) is 0 Å². The molecular formula is C3H10BrO3P. The van der Waals surface area contributed by atoms with Crippen molar-refractivity contribution in [3.63, 3.8) is 0 Å². The fourth-order valence-corrected chi connectivity index (χ4v) is 0.237. The van der Waals surface area contributed by atoms with E-state index in [2.05, 4.69) is 0 Å². The number of aliphatic hydroxyl groups excluding tert-OH is 1. The van der Waals surface area contributed by atoms with E-state index in [1.165, 1.54) is 0 Å². The van der Waals surface area contributed by atoms with Gasteiger partial charge in [-0.15, -0.1) is 17.0 Å². The first-order chi connectivity index (χ1) is 3.12. The maximum atomic E-state index is 8.45. The molecule has 0 amide bonds. The second kappa shape index (κ2) is 4.65. The SMILES string of the molecule is Br.CPC(O)(O)CO. The Labute approximate surface area is 60.3 Å². The molecule has 0 saturated carbocycles. The Kier molecular flexibility index (Phi) is 6.72. The first-order valence-corrected chi connectivity index (χ1v) is 3.37. The summed E-state index contributed by atoms with van der Waals surface area (Å²) in [6.07, 6.45) is 0. The lowest BCUT2D eigenvalue weighted by atomic mass is 10.7. The van der Waals surface area contributed by atoms with Gasteiger partial charge in [-0.2, -0.15) is 0 Å². The number of rotatable bonds is 2. The van der Waals surface area contributed by atoms with E-state index in [4.69, 9.17) is 15.3 Å². The van der Waals surface area contributed by atoms with Crippen molar-refractivity contribution in [3.05, 3.63) is 0 Å². The molecule has 0 aliphatic heterocycles. The van der Waals surface area contributed by atoms with E-state index in [0.29, 0.717) is 0 Å². The first kappa shape index (κ1) is 11.6. The van der Waals surface area contributed by atoms with Crippen molar-refractivity contribution in [2.24, 2.45) is 0 Å². The fraction of sp³-hybridized carbons (Fsp3) is 1.00. The number of hydrogen-bond donors (Lipinski definition) is 3. The maximum Gasteiger partial charge on any atom is 0.202 e. The Morgan fingerprint density at radius 2 is 1.88 bits per heavy atom. The molecule has 0 rings (SSSR count). The van der Waals surface area contributed by atoms with Crippen LogP contribution >= 0.6 is 25.6 Å². The molecule has 0 aliphatic rings. The van der Waals surface area contributed by atoms with Gasteiger partial charge in [-0.3, -0.25) is 0 Å². The Balaban J connectivity index is 0. The third-order valence-electron chi connectivity index (χ3n) is 0.621. The van der Waals surface area contributed by atoms with E-state index in [9.17, 15) is 0 Å². The van der Waals surface area contributed by atoms with Gasteiger partial charge in [0.1, 0.15) is 6.61 Å². The molecule has 0 radical (unpaired) electrons. The Morgan fingerprint density at radius 1 is 1.50 bits per heavy atom. The van der Waals surface area contributed by atoms with Gasteiger partial charge in [-0.05, 0) is 6.66 Å². The van der Waals surface area contributed by atoms with Crippen molar-refractivity contribution < 1.29 is 15.3 Å². The molecule has 0 spiro atoms. The van der Waals surface area contributed by atoms with Gasteiger partial charge in [-0.1, -0.05) is 8.58 Å². The van der Waals surface area contributed by atoms with E-state index in [0.717, 1.165) is 0 Å². The largest absolute Gasteiger partial charge is 0.390 e. The average Bonchev–Trinajstić information content (AvgIpc) is 1.68. The third-order valence-corrected chi connectivity index (χ3v) is 1.58. The van der Waals surface area contributed by atoms with Crippen LogP contribution in [-0.2, 0) is 0 Å². The molecule has 1 unspecified atom stereocenters. The second-order valence-corrected chi connectivity index (χ2v) is 2.53. The van der Waals surface area contributed by atoms with Crippen LogP contribution in [0.25, 0.3) is 0 Å². The van der Waals surface area contributed by atoms with Crippen molar-refractivity contribution in [2.45, 2.75) is 5.53 Å². The molecule has 8 heavy (non-hydrogen) atoms. The van der Waals surface area contributed by atoms with Gasteiger partial charge in [0, 0.05) is 0 Å². The smallest absolute Gasteiger partial charge is 0.202 e. The first-order valence-electron chi connectivity index (χ1n) is 1.87. The lowest BCUT2D eigenvalue weighted by Crippen LogP contribution is -2.25.